The molecule has 0 atom stereocenters. The standard InChI is InChI=1S/C19H22N2O/c1-3-20(14-17-10-5-4-8-15(17)2)19(22)21-13-12-16-9-6-7-11-18(16)21/h4-11H,3,12-14H2,1-2H3. The lowest BCUT2D eigenvalue weighted by atomic mass is 10.1. The molecule has 2 amide bonds. The zero-order valence-corrected chi connectivity index (χ0v) is 13.2. The summed E-state index contributed by atoms with van der Waals surface area (Å²) in [6.07, 6.45) is 0.948. The average molecular weight is 294 g/mol. The fourth-order valence-electron chi connectivity index (χ4n) is 3.02. The number of aryl methyl sites for hydroxylation is 1. The average Bonchev–Trinajstić information content (AvgIpc) is 2.97. The molecule has 0 aliphatic carbocycles. The summed E-state index contributed by atoms with van der Waals surface area (Å²) in [6.45, 7) is 6.30. The van der Waals surface area contributed by atoms with Crippen LogP contribution in [0.15, 0.2) is 48.5 Å². The Bertz CT molecular complexity index is 681. The van der Waals surface area contributed by atoms with Crippen LogP contribution in [0.4, 0.5) is 10.5 Å². The van der Waals surface area contributed by atoms with Crippen molar-refractivity contribution in [2.45, 2.75) is 26.8 Å². The molecule has 1 aliphatic heterocycles. The maximum Gasteiger partial charge on any atom is 0.324 e. The van der Waals surface area contributed by atoms with Crippen molar-refractivity contribution in [1.29, 1.82) is 0 Å². The van der Waals surface area contributed by atoms with Crippen LogP contribution in [0.1, 0.15) is 23.6 Å². The number of nitrogens with zero attached hydrogens (tertiary/aromatic N) is 2. The lowest BCUT2D eigenvalue weighted by Crippen LogP contribution is -2.42. The molecule has 0 spiro atoms. The van der Waals surface area contributed by atoms with Gasteiger partial charge in [0.2, 0.25) is 0 Å². The molecule has 3 rings (SSSR count). The second-order valence-electron chi connectivity index (χ2n) is 5.75. The minimum Gasteiger partial charge on any atom is -0.320 e. The third-order valence-corrected chi connectivity index (χ3v) is 4.39. The normalized spacial score (nSPS) is 13.1. The topological polar surface area (TPSA) is 23.6 Å². The molecule has 0 N–H and O–H groups in total. The lowest BCUT2D eigenvalue weighted by molar-refractivity contribution is 0.205. The molecular formula is C19H22N2O. The number of rotatable bonds is 3. The van der Waals surface area contributed by atoms with Gasteiger partial charge in [-0.05, 0) is 43.0 Å². The van der Waals surface area contributed by atoms with Crippen LogP contribution in [-0.4, -0.2) is 24.0 Å². The van der Waals surface area contributed by atoms with Gasteiger partial charge in [-0.25, -0.2) is 4.79 Å². The first kappa shape index (κ1) is 14.6. The Morgan fingerprint density at radius 2 is 1.86 bits per heavy atom. The Morgan fingerprint density at radius 3 is 2.64 bits per heavy atom. The Balaban J connectivity index is 1.80. The summed E-state index contributed by atoms with van der Waals surface area (Å²) in [5.41, 5.74) is 4.78. The largest absolute Gasteiger partial charge is 0.324 e. The molecule has 3 nitrogen and oxygen atoms in total. The van der Waals surface area contributed by atoms with E-state index in [2.05, 4.69) is 25.1 Å². The SMILES string of the molecule is CCN(Cc1ccccc1C)C(=O)N1CCc2ccccc21. The van der Waals surface area contributed by atoms with Crippen LogP contribution in [0.2, 0.25) is 0 Å². The molecule has 2 aromatic carbocycles. The van der Waals surface area contributed by atoms with Gasteiger partial charge in [0.05, 0.1) is 0 Å². The van der Waals surface area contributed by atoms with Gasteiger partial charge < -0.3 is 4.90 Å². The second kappa shape index (κ2) is 6.22. The van der Waals surface area contributed by atoms with Gasteiger partial charge >= 0.3 is 6.03 Å². The van der Waals surface area contributed by atoms with Gasteiger partial charge in [-0.2, -0.15) is 0 Å². The van der Waals surface area contributed by atoms with E-state index in [9.17, 15) is 4.79 Å². The summed E-state index contributed by atoms with van der Waals surface area (Å²) in [4.78, 5) is 16.7. The molecule has 22 heavy (non-hydrogen) atoms. The van der Waals surface area contributed by atoms with Crippen LogP contribution >= 0.6 is 0 Å². The number of anilines is 1. The lowest BCUT2D eigenvalue weighted by Gasteiger charge is -2.28. The van der Waals surface area contributed by atoms with E-state index in [-0.39, 0.29) is 6.03 Å². The van der Waals surface area contributed by atoms with Crippen LogP contribution in [0.25, 0.3) is 0 Å². The van der Waals surface area contributed by atoms with Gasteiger partial charge in [-0.1, -0.05) is 42.5 Å². The summed E-state index contributed by atoms with van der Waals surface area (Å²) < 4.78 is 0. The quantitative estimate of drug-likeness (QED) is 0.839. The molecule has 114 valence electrons. The van der Waals surface area contributed by atoms with Crippen molar-refractivity contribution in [3.8, 4) is 0 Å². The predicted molar refractivity (Wildman–Crippen MR) is 90.2 cm³/mol. The van der Waals surface area contributed by atoms with Crippen molar-refractivity contribution in [2.24, 2.45) is 0 Å². The molecule has 1 heterocycles. The van der Waals surface area contributed by atoms with Crippen LogP contribution in [0, 0.1) is 6.92 Å². The van der Waals surface area contributed by atoms with E-state index in [1.807, 2.05) is 47.1 Å². The van der Waals surface area contributed by atoms with E-state index >= 15 is 0 Å². The van der Waals surface area contributed by atoms with Crippen molar-refractivity contribution in [3.63, 3.8) is 0 Å². The molecular weight excluding hydrogens is 272 g/mol. The third-order valence-electron chi connectivity index (χ3n) is 4.39. The first-order chi connectivity index (χ1) is 10.7. The first-order valence-corrected chi connectivity index (χ1v) is 7.89. The molecule has 0 bridgehead atoms. The molecule has 0 saturated carbocycles. The zero-order valence-electron chi connectivity index (χ0n) is 13.2. The van der Waals surface area contributed by atoms with Crippen molar-refractivity contribution >= 4 is 11.7 Å². The van der Waals surface area contributed by atoms with E-state index in [0.717, 1.165) is 18.7 Å². The van der Waals surface area contributed by atoms with Crippen LogP contribution in [-0.2, 0) is 13.0 Å². The number of urea groups is 1. The highest BCUT2D eigenvalue weighted by Crippen LogP contribution is 2.28. The number of fused-ring (bicyclic) bond motifs is 1. The van der Waals surface area contributed by atoms with E-state index < -0.39 is 0 Å². The molecule has 0 saturated heterocycles. The summed E-state index contributed by atoms with van der Waals surface area (Å²) in [5.74, 6) is 0. The zero-order chi connectivity index (χ0) is 15.5. The van der Waals surface area contributed by atoms with Crippen LogP contribution in [0.3, 0.4) is 0 Å². The number of amides is 2. The Morgan fingerprint density at radius 1 is 1.14 bits per heavy atom. The smallest absolute Gasteiger partial charge is 0.320 e. The molecule has 1 aliphatic rings. The molecule has 3 heteroatoms. The molecule has 0 fully saturated rings. The summed E-state index contributed by atoms with van der Waals surface area (Å²) >= 11 is 0. The maximum absolute atomic E-state index is 12.9. The maximum atomic E-state index is 12.9. The predicted octanol–water partition coefficient (Wildman–Crippen LogP) is 4.00. The van der Waals surface area contributed by atoms with Crippen molar-refractivity contribution in [2.75, 3.05) is 18.0 Å². The highest BCUT2D eigenvalue weighted by molar-refractivity contribution is 5.94. The van der Waals surface area contributed by atoms with E-state index in [1.54, 1.807) is 0 Å². The number of hydrogen-bond donors (Lipinski definition) is 0. The summed E-state index contributed by atoms with van der Waals surface area (Å²) in [5, 5.41) is 0. The van der Waals surface area contributed by atoms with Gasteiger partial charge in [0.25, 0.3) is 0 Å². The Hall–Kier alpha value is -2.29. The van der Waals surface area contributed by atoms with Crippen molar-refractivity contribution in [3.05, 3.63) is 65.2 Å². The highest BCUT2D eigenvalue weighted by atomic mass is 16.2. The van der Waals surface area contributed by atoms with Gasteiger partial charge in [0.15, 0.2) is 0 Å². The molecule has 0 aromatic heterocycles. The van der Waals surface area contributed by atoms with Gasteiger partial charge in [-0.3, -0.25) is 4.90 Å². The van der Waals surface area contributed by atoms with E-state index in [1.165, 1.54) is 16.7 Å². The van der Waals surface area contributed by atoms with E-state index in [0.29, 0.717) is 13.1 Å². The van der Waals surface area contributed by atoms with Gasteiger partial charge in [0.1, 0.15) is 0 Å². The highest BCUT2D eigenvalue weighted by Gasteiger charge is 2.27. The monoisotopic (exact) mass is 294 g/mol. The fourth-order valence-corrected chi connectivity index (χ4v) is 3.02. The third kappa shape index (κ3) is 2.71. The van der Waals surface area contributed by atoms with Crippen LogP contribution < -0.4 is 4.90 Å². The summed E-state index contributed by atoms with van der Waals surface area (Å²) in [7, 11) is 0. The summed E-state index contributed by atoms with van der Waals surface area (Å²) in [6, 6.07) is 16.6. The molecule has 0 unspecified atom stereocenters. The van der Waals surface area contributed by atoms with Crippen LogP contribution in [0.5, 0.6) is 0 Å². The fraction of sp³-hybridized carbons (Fsp3) is 0.316. The van der Waals surface area contributed by atoms with Gasteiger partial charge in [0, 0.05) is 25.3 Å². The number of benzene rings is 2. The Labute approximate surface area is 132 Å². The number of hydrogen-bond acceptors (Lipinski definition) is 1. The first-order valence-electron chi connectivity index (χ1n) is 7.89. The number of para-hydroxylation sites is 1. The molecule has 2 aromatic rings. The number of carbonyl (C=O) groups is 1. The van der Waals surface area contributed by atoms with E-state index in [4.69, 9.17) is 0 Å². The van der Waals surface area contributed by atoms with Crippen molar-refractivity contribution in [1.82, 2.24) is 4.90 Å². The van der Waals surface area contributed by atoms with Gasteiger partial charge in [-0.15, -0.1) is 0 Å². The van der Waals surface area contributed by atoms with Crippen molar-refractivity contribution < 1.29 is 4.79 Å². The number of carbonyl (C=O) groups excluding carboxylic acids is 1. The molecule has 0 radical (unpaired) electrons. The second-order valence-corrected chi connectivity index (χ2v) is 5.75. The Kier molecular flexibility index (Phi) is 4.14. The minimum atomic E-state index is 0.107. The minimum absolute atomic E-state index is 0.107.